The third-order valence-electron chi connectivity index (χ3n) is 2.94. The molecular weight excluding hydrogens is 216 g/mol. The molecule has 3 heteroatoms. The summed E-state index contributed by atoms with van der Waals surface area (Å²) in [6.45, 7) is 6.20. The van der Waals surface area contributed by atoms with Gasteiger partial charge in [0.1, 0.15) is 5.75 Å². The van der Waals surface area contributed by atoms with E-state index in [9.17, 15) is 4.79 Å². The minimum Gasteiger partial charge on any atom is -0.496 e. The molecule has 0 spiro atoms. The van der Waals surface area contributed by atoms with E-state index in [1.807, 2.05) is 13.0 Å². The van der Waals surface area contributed by atoms with Crippen molar-refractivity contribution in [3.63, 3.8) is 0 Å². The molecule has 1 aromatic rings. The molecule has 0 amide bonds. The summed E-state index contributed by atoms with van der Waals surface area (Å²) in [5.41, 5.74) is 3.24. The van der Waals surface area contributed by atoms with Crippen LogP contribution in [0.4, 0.5) is 0 Å². The van der Waals surface area contributed by atoms with Gasteiger partial charge in [0.15, 0.2) is 0 Å². The first-order chi connectivity index (χ1) is 7.97. The summed E-state index contributed by atoms with van der Waals surface area (Å²) < 4.78 is 5.46. The summed E-state index contributed by atoms with van der Waals surface area (Å²) in [6.07, 6.45) is 0.656. The molecule has 0 unspecified atom stereocenters. The van der Waals surface area contributed by atoms with Crippen molar-refractivity contribution in [2.24, 2.45) is 0 Å². The largest absolute Gasteiger partial charge is 0.496 e. The molecule has 0 aliphatic carbocycles. The third-order valence-corrected chi connectivity index (χ3v) is 2.94. The van der Waals surface area contributed by atoms with Crippen LogP contribution in [0.1, 0.15) is 42.9 Å². The van der Waals surface area contributed by atoms with E-state index < -0.39 is 5.97 Å². The van der Waals surface area contributed by atoms with Crippen LogP contribution in [0.3, 0.4) is 0 Å². The summed E-state index contributed by atoms with van der Waals surface area (Å²) in [7, 11) is 1.64. The van der Waals surface area contributed by atoms with Gasteiger partial charge in [0, 0.05) is 6.42 Å². The summed E-state index contributed by atoms with van der Waals surface area (Å²) >= 11 is 0. The van der Waals surface area contributed by atoms with Crippen molar-refractivity contribution in [3.05, 3.63) is 28.8 Å². The molecule has 17 heavy (non-hydrogen) atoms. The Morgan fingerprint density at radius 2 is 2.06 bits per heavy atom. The van der Waals surface area contributed by atoms with Crippen molar-refractivity contribution in [2.45, 2.75) is 39.5 Å². The van der Waals surface area contributed by atoms with Crippen LogP contribution in [0, 0.1) is 6.92 Å². The second-order valence-electron chi connectivity index (χ2n) is 4.53. The number of hydrogen-bond donors (Lipinski definition) is 1. The van der Waals surface area contributed by atoms with Crippen molar-refractivity contribution in [2.75, 3.05) is 7.11 Å². The van der Waals surface area contributed by atoms with Crippen LogP contribution < -0.4 is 4.74 Å². The first-order valence-corrected chi connectivity index (χ1v) is 5.85. The number of carboxylic acid groups (broad SMARTS) is 1. The van der Waals surface area contributed by atoms with E-state index in [0.717, 1.165) is 22.4 Å². The lowest BCUT2D eigenvalue weighted by atomic mass is 9.94. The van der Waals surface area contributed by atoms with Gasteiger partial charge in [-0.2, -0.15) is 0 Å². The standard InChI is InChI=1S/C14H20O3/c1-9(2)11-6-5-10(3)12(14(11)17-4)7-8-13(15)16/h5-6,9H,7-8H2,1-4H3,(H,15,16). The first-order valence-electron chi connectivity index (χ1n) is 5.85. The highest BCUT2D eigenvalue weighted by atomic mass is 16.5. The van der Waals surface area contributed by atoms with Crippen molar-refractivity contribution < 1.29 is 14.6 Å². The second kappa shape index (κ2) is 5.71. The van der Waals surface area contributed by atoms with Gasteiger partial charge in [0.25, 0.3) is 0 Å². The number of rotatable bonds is 5. The Morgan fingerprint density at radius 3 is 2.53 bits per heavy atom. The predicted octanol–water partition coefficient (Wildman–Crippen LogP) is 3.14. The highest BCUT2D eigenvalue weighted by Crippen LogP contribution is 2.32. The fraction of sp³-hybridized carbons (Fsp3) is 0.500. The molecule has 1 aromatic carbocycles. The number of carbonyl (C=O) groups is 1. The third kappa shape index (κ3) is 3.22. The zero-order chi connectivity index (χ0) is 13.0. The first kappa shape index (κ1) is 13.6. The van der Waals surface area contributed by atoms with Gasteiger partial charge in [0.05, 0.1) is 7.11 Å². The maximum absolute atomic E-state index is 10.7. The second-order valence-corrected chi connectivity index (χ2v) is 4.53. The number of benzene rings is 1. The number of aryl methyl sites for hydroxylation is 1. The average molecular weight is 236 g/mol. The molecule has 94 valence electrons. The Kier molecular flexibility index (Phi) is 4.55. The molecular formula is C14H20O3. The highest BCUT2D eigenvalue weighted by Gasteiger charge is 2.15. The van der Waals surface area contributed by atoms with Crippen molar-refractivity contribution in [1.82, 2.24) is 0 Å². The van der Waals surface area contributed by atoms with Gasteiger partial charge in [-0.15, -0.1) is 0 Å². The summed E-state index contributed by atoms with van der Waals surface area (Å²) in [4.78, 5) is 10.7. The summed E-state index contributed by atoms with van der Waals surface area (Å²) in [5, 5.41) is 8.77. The molecule has 0 bridgehead atoms. The fourth-order valence-electron chi connectivity index (χ4n) is 1.98. The number of hydrogen-bond acceptors (Lipinski definition) is 2. The smallest absolute Gasteiger partial charge is 0.303 e. The molecule has 0 atom stereocenters. The lowest BCUT2D eigenvalue weighted by Gasteiger charge is -2.17. The van der Waals surface area contributed by atoms with Crippen molar-refractivity contribution in [1.29, 1.82) is 0 Å². The topological polar surface area (TPSA) is 46.5 Å². The quantitative estimate of drug-likeness (QED) is 0.854. The zero-order valence-electron chi connectivity index (χ0n) is 10.9. The zero-order valence-corrected chi connectivity index (χ0v) is 10.9. The van der Waals surface area contributed by atoms with Gasteiger partial charge >= 0.3 is 5.97 Å². The molecule has 0 heterocycles. The Bertz CT molecular complexity index is 408. The van der Waals surface area contributed by atoms with Crippen LogP contribution in [-0.4, -0.2) is 18.2 Å². The Hall–Kier alpha value is -1.51. The molecule has 0 aliphatic heterocycles. The molecule has 0 aliphatic rings. The summed E-state index contributed by atoms with van der Waals surface area (Å²) in [5.74, 6) is 0.441. The average Bonchev–Trinajstić information content (AvgIpc) is 2.26. The lowest BCUT2D eigenvalue weighted by Crippen LogP contribution is -2.04. The molecule has 0 saturated heterocycles. The lowest BCUT2D eigenvalue weighted by molar-refractivity contribution is -0.136. The van der Waals surface area contributed by atoms with Crippen LogP contribution in [0.2, 0.25) is 0 Å². The van der Waals surface area contributed by atoms with Gasteiger partial charge in [-0.1, -0.05) is 26.0 Å². The van der Waals surface area contributed by atoms with Crippen LogP contribution >= 0.6 is 0 Å². The number of carboxylic acids is 1. The van der Waals surface area contributed by atoms with E-state index in [1.54, 1.807) is 7.11 Å². The molecule has 0 fully saturated rings. The fourth-order valence-corrected chi connectivity index (χ4v) is 1.98. The Morgan fingerprint density at radius 1 is 1.41 bits per heavy atom. The van der Waals surface area contributed by atoms with E-state index in [-0.39, 0.29) is 6.42 Å². The maximum atomic E-state index is 10.7. The maximum Gasteiger partial charge on any atom is 0.303 e. The molecule has 3 nitrogen and oxygen atoms in total. The molecule has 0 saturated carbocycles. The van der Waals surface area contributed by atoms with Gasteiger partial charge in [-0.25, -0.2) is 0 Å². The van der Waals surface area contributed by atoms with Crippen LogP contribution in [0.5, 0.6) is 5.75 Å². The van der Waals surface area contributed by atoms with Crippen molar-refractivity contribution in [3.8, 4) is 5.75 Å². The van der Waals surface area contributed by atoms with Gasteiger partial charge in [-0.05, 0) is 36.0 Å². The molecule has 1 N–H and O–H groups in total. The number of ether oxygens (including phenoxy) is 1. The van der Waals surface area contributed by atoms with Gasteiger partial charge < -0.3 is 9.84 Å². The Labute approximate surface area is 102 Å². The highest BCUT2D eigenvalue weighted by molar-refractivity contribution is 5.67. The van der Waals surface area contributed by atoms with Gasteiger partial charge in [0.2, 0.25) is 0 Å². The molecule has 0 aromatic heterocycles. The van der Waals surface area contributed by atoms with Gasteiger partial charge in [-0.3, -0.25) is 4.79 Å². The number of aliphatic carboxylic acids is 1. The minimum absolute atomic E-state index is 0.138. The normalized spacial score (nSPS) is 10.6. The van der Waals surface area contributed by atoms with Crippen LogP contribution in [0.25, 0.3) is 0 Å². The van der Waals surface area contributed by atoms with E-state index >= 15 is 0 Å². The van der Waals surface area contributed by atoms with E-state index in [4.69, 9.17) is 9.84 Å². The Balaban J connectivity index is 3.15. The van der Waals surface area contributed by atoms with E-state index in [2.05, 4.69) is 19.9 Å². The molecule has 1 rings (SSSR count). The minimum atomic E-state index is -0.776. The van der Waals surface area contributed by atoms with E-state index in [0.29, 0.717) is 12.3 Å². The summed E-state index contributed by atoms with van der Waals surface area (Å²) in [6, 6.07) is 4.10. The predicted molar refractivity (Wildman–Crippen MR) is 67.8 cm³/mol. The number of methoxy groups -OCH3 is 1. The van der Waals surface area contributed by atoms with Crippen LogP contribution in [-0.2, 0) is 11.2 Å². The van der Waals surface area contributed by atoms with Crippen LogP contribution in [0.15, 0.2) is 12.1 Å². The monoisotopic (exact) mass is 236 g/mol. The molecule has 0 radical (unpaired) electrons. The SMILES string of the molecule is COc1c(C(C)C)ccc(C)c1CCC(=O)O. The van der Waals surface area contributed by atoms with E-state index in [1.165, 1.54) is 0 Å². The van der Waals surface area contributed by atoms with Crippen molar-refractivity contribution >= 4 is 5.97 Å².